The van der Waals surface area contributed by atoms with Gasteiger partial charge in [0, 0.05) is 5.02 Å². The van der Waals surface area contributed by atoms with E-state index in [1.165, 1.54) is 12.1 Å². The monoisotopic (exact) mass is 440 g/mol. The second kappa shape index (κ2) is 7.99. The molecule has 1 aliphatic rings. The Bertz CT molecular complexity index is 928. The molecule has 3 amide bonds. The molecule has 1 aliphatic heterocycles. The number of rotatable bonds is 5. The smallest absolute Gasteiger partial charge is 0.331 e. The molecule has 9 heteroatoms. The number of ether oxygens (including phenoxy) is 1. The highest BCUT2D eigenvalue weighted by molar-refractivity contribution is 6.40. The number of urea groups is 1. The van der Waals surface area contributed by atoms with Gasteiger partial charge in [-0.25, -0.2) is 9.59 Å². The minimum absolute atomic E-state index is 0.0373. The zero-order chi connectivity index (χ0) is 20.5. The molecule has 28 heavy (non-hydrogen) atoms. The Labute approximate surface area is 176 Å². The van der Waals surface area contributed by atoms with Gasteiger partial charge in [0.2, 0.25) is 0 Å². The molecular formula is C19H15Cl3N2O4. The first-order chi connectivity index (χ1) is 13.3. The van der Waals surface area contributed by atoms with Gasteiger partial charge in [-0.15, -0.1) is 0 Å². The number of nitrogens with one attached hydrogen (secondary N) is 1. The lowest BCUT2D eigenvalue weighted by Crippen LogP contribution is -2.44. The normalized spacial score (nSPS) is 18.9. The van der Waals surface area contributed by atoms with E-state index in [9.17, 15) is 14.4 Å². The molecule has 1 N–H and O–H groups in total. The quantitative estimate of drug-likeness (QED) is 0.424. The van der Waals surface area contributed by atoms with E-state index in [1.54, 1.807) is 31.2 Å². The van der Waals surface area contributed by atoms with Gasteiger partial charge in [0.1, 0.15) is 12.1 Å². The van der Waals surface area contributed by atoms with Crippen LogP contribution in [0.2, 0.25) is 15.1 Å². The highest BCUT2D eigenvalue weighted by Crippen LogP contribution is 2.36. The van der Waals surface area contributed by atoms with E-state index in [0.29, 0.717) is 12.0 Å². The topological polar surface area (TPSA) is 75.7 Å². The maximum atomic E-state index is 13.0. The van der Waals surface area contributed by atoms with Crippen molar-refractivity contribution < 1.29 is 19.1 Å². The van der Waals surface area contributed by atoms with Crippen molar-refractivity contribution in [3.05, 3.63) is 63.1 Å². The molecule has 146 valence electrons. The standard InChI is InChI=1S/C19H15Cl3N2O4/c1-2-19(11-6-4-3-5-7-11)17(26)24(18(27)23-19)10-15(25)28-16-13(21)8-12(20)9-14(16)22/h3-9H,2,10H2,1H3,(H,23,27). The average Bonchev–Trinajstić information content (AvgIpc) is 2.90. The first-order valence-electron chi connectivity index (χ1n) is 8.33. The van der Waals surface area contributed by atoms with Crippen molar-refractivity contribution in [2.75, 3.05) is 6.54 Å². The summed E-state index contributed by atoms with van der Waals surface area (Å²) in [6, 6.07) is 10.9. The number of hydrogen-bond acceptors (Lipinski definition) is 4. The zero-order valence-corrected chi connectivity index (χ0v) is 16.9. The van der Waals surface area contributed by atoms with Crippen molar-refractivity contribution >= 4 is 52.7 Å². The summed E-state index contributed by atoms with van der Waals surface area (Å²) in [4.78, 5) is 38.6. The van der Waals surface area contributed by atoms with Gasteiger partial charge in [-0.05, 0) is 24.1 Å². The van der Waals surface area contributed by atoms with Crippen LogP contribution < -0.4 is 10.1 Å². The first-order valence-corrected chi connectivity index (χ1v) is 9.46. The predicted octanol–water partition coefficient (Wildman–Crippen LogP) is 4.41. The summed E-state index contributed by atoms with van der Waals surface area (Å²) in [5.41, 5.74) is -0.593. The highest BCUT2D eigenvalue weighted by Gasteiger charge is 2.51. The number of carbonyl (C=O) groups is 3. The number of halogens is 3. The Hall–Kier alpha value is -2.28. The lowest BCUT2D eigenvalue weighted by molar-refractivity contribution is -0.141. The third-order valence-electron chi connectivity index (χ3n) is 4.44. The summed E-state index contributed by atoms with van der Waals surface area (Å²) in [5, 5.41) is 3.04. The van der Waals surface area contributed by atoms with E-state index in [2.05, 4.69) is 5.32 Å². The number of esters is 1. The molecule has 0 aromatic heterocycles. The Balaban J connectivity index is 1.80. The Morgan fingerprint density at radius 2 is 1.71 bits per heavy atom. The van der Waals surface area contributed by atoms with Crippen molar-refractivity contribution in [2.24, 2.45) is 0 Å². The highest BCUT2D eigenvalue weighted by atomic mass is 35.5. The second-order valence-electron chi connectivity index (χ2n) is 6.12. The SMILES string of the molecule is CCC1(c2ccccc2)NC(=O)N(CC(=O)Oc2c(Cl)cc(Cl)cc2Cl)C1=O. The van der Waals surface area contributed by atoms with E-state index >= 15 is 0 Å². The molecule has 1 atom stereocenters. The van der Waals surface area contributed by atoms with Gasteiger partial charge in [-0.1, -0.05) is 72.1 Å². The molecular weight excluding hydrogens is 427 g/mol. The van der Waals surface area contributed by atoms with E-state index in [-0.39, 0.29) is 20.8 Å². The third-order valence-corrected chi connectivity index (χ3v) is 5.22. The van der Waals surface area contributed by atoms with Gasteiger partial charge in [0.05, 0.1) is 10.0 Å². The van der Waals surface area contributed by atoms with Gasteiger partial charge in [0.25, 0.3) is 5.91 Å². The Kier molecular flexibility index (Phi) is 5.84. The summed E-state index contributed by atoms with van der Waals surface area (Å²) < 4.78 is 5.16. The van der Waals surface area contributed by atoms with E-state index < -0.39 is 30.0 Å². The van der Waals surface area contributed by atoms with Crippen molar-refractivity contribution in [1.82, 2.24) is 10.2 Å². The summed E-state index contributed by atoms with van der Waals surface area (Å²) in [6.07, 6.45) is 0.321. The number of amides is 3. The first kappa shape index (κ1) is 20.5. The van der Waals surface area contributed by atoms with Crippen LogP contribution in [0.5, 0.6) is 5.75 Å². The van der Waals surface area contributed by atoms with E-state index in [1.807, 2.05) is 6.07 Å². The molecule has 0 spiro atoms. The molecule has 0 saturated carbocycles. The molecule has 0 bridgehead atoms. The van der Waals surface area contributed by atoms with Crippen LogP contribution >= 0.6 is 34.8 Å². The number of carbonyl (C=O) groups excluding carboxylic acids is 3. The lowest BCUT2D eigenvalue weighted by Gasteiger charge is -2.25. The van der Waals surface area contributed by atoms with Crippen LogP contribution in [0.25, 0.3) is 0 Å². The molecule has 1 saturated heterocycles. The van der Waals surface area contributed by atoms with Gasteiger partial charge in [0.15, 0.2) is 5.75 Å². The summed E-state index contributed by atoms with van der Waals surface area (Å²) >= 11 is 17.8. The van der Waals surface area contributed by atoms with Gasteiger partial charge < -0.3 is 10.1 Å². The van der Waals surface area contributed by atoms with Gasteiger partial charge in [-0.3, -0.25) is 9.69 Å². The number of hydrogen-bond donors (Lipinski definition) is 1. The predicted molar refractivity (Wildman–Crippen MR) is 106 cm³/mol. The maximum absolute atomic E-state index is 13.0. The fraction of sp³-hybridized carbons (Fsp3) is 0.211. The molecule has 2 aromatic carbocycles. The molecule has 0 radical (unpaired) electrons. The van der Waals surface area contributed by atoms with Crippen LogP contribution in [-0.4, -0.2) is 29.4 Å². The van der Waals surface area contributed by atoms with E-state index in [4.69, 9.17) is 39.5 Å². The van der Waals surface area contributed by atoms with Gasteiger partial charge in [-0.2, -0.15) is 0 Å². The van der Waals surface area contributed by atoms with Crippen molar-refractivity contribution in [3.63, 3.8) is 0 Å². The van der Waals surface area contributed by atoms with Crippen molar-refractivity contribution in [3.8, 4) is 5.75 Å². The number of nitrogens with zero attached hydrogens (tertiary/aromatic N) is 1. The molecule has 3 rings (SSSR count). The van der Waals surface area contributed by atoms with Gasteiger partial charge >= 0.3 is 12.0 Å². The van der Waals surface area contributed by atoms with Crippen LogP contribution in [0.3, 0.4) is 0 Å². The average molecular weight is 442 g/mol. The Morgan fingerprint density at radius 3 is 2.29 bits per heavy atom. The lowest BCUT2D eigenvalue weighted by atomic mass is 9.87. The minimum atomic E-state index is -1.23. The molecule has 1 fully saturated rings. The Morgan fingerprint density at radius 1 is 1.11 bits per heavy atom. The van der Waals surface area contributed by atoms with Crippen molar-refractivity contribution in [1.29, 1.82) is 0 Å². The van der Waals surface area contributed by atoms with Crippen LogP contribution in [0, 0.1) is 0 Å². The minimum Gasteiger partial charge on any atom is -0.422 e. The number of imide groups is 1. The fourth-order valence-electron chi connectivity index (χ4n) is 3.03. The van der Waals surface area contributed by atoms with Crippen LogP contribution in [0.4, 0.5) is 4.79 Å². The molecule has 6 nitrogen and oxygen atoms in total. The van der Waals surface area contributed by atoms with Crippen molar-refractivity contribution in [2.45, 2.75) is 18.9 Å². The van der Waals surface area contributed by atoms with E-state index in [0.717, 1.165) is 4.90 Å². The largest absolute Gasteiger partial charge is 0.422 e. The molecule has 1 unspecified atom stereocenters. The third kappa shape index (κ3) is 3.68. The zero-order valence-electron chi connectivity index (χ0n) is 14.7. The second-order valence-corrected chi connectivity index (χ2v) is 7.37. The number of benzene rings is 2. The maximum Gasteiger partial charge on any atom is 0.331 e. The summed E-state index contributed by atoms with van der Waals surface area (Å²) in [7, 11) is 0. The fourth-order valence-corrected chi connectivity index (χ4v) is 3.93. The van der Waals surface area contributed by atoms with Crippen LogP contribution in [0.15, 0.2) is 42.5 Å². The molecule has 0 aliphatic carbocycles. The van der Waals surface area contributed by atoms with Crippen LogP contribution in [0.1, 0.15) is 18.9 Å². The van der Waals surface area contributed by atoms with Crippen LogP contribution in [-0.2, 0) is 15.1 Å². The summed E-state index contributed by atoms with van der Waals surface area (Å²) in [5.74, 6) is -1.49. The molecule has 2 aromatic rings. The molecule has 1 heterocycles. The summed E-state index contributed by atoms with van der Waals surface area (Å²) in [6.45, 7) is 1.19.